The van der Waals surface area contributed by atoms with Crippen molar-refractivity contribution in [2.45, 2.75) is 6.92 Å². The van der Waals surface area contributed by atoms with Crippen LogP contribution in [0, 0.1) is 6.92 Å². The zero-order valence-corrected chi connectivity index (χ0v) is 16.6. The summed E-state index contributed by atoms with van der Waals surface area (Å²) < 4.78 is 12.2. The Bertz CT molecular complexity index is 1120. The molecule has 0 atom stereocenters. The molecule has 0 fully saturated rings. The van der Waals surface area contributed by atoms with Crippen LogP contribution in [0.2, 0.25) is 5.02 Å². The number of aryl methyl sites for hydroxylation is 1. The maximum Gasteiger partial charge on any atom is 0.349 e. The molecule has 28 heavy (non-hydrogen) atoms. The molecule has 4 nitrogen and oxygen atoms in total. The molecule has 140 valence electrons. The predicted molar refractivity (Wildman–Crippen MR) is 112 cm³/mol. The number of thiazole rings is 1. The molecule has 0 radical (unpaired) electrons. The average molecular weight is 410 g/mol. The van der Waals surface area contributed by atoms with Gasteiger partial charge in [0.15, 0.2) is 6.61 Å². The van der Waals surface area contributed by atoms with Gasteiger partial charge in [-0.05, 0) is 55.0 Å². The second-order valence-electron chi connectivity index (χ2n) is 6.16. The fourth-order valence-electron chi connectivity index (χ4n) is 2.72. The number of ether oxygens (including phenoxy) is 2. The number of para-hydroxylation sites is 2. The molecule has 4 aromatic rings. The van der Waals surface area contributed by atoms with Crippen molar-refractivity contribution in [3.63, 3.8) is 0 Å². The third kappa shape index (κ3) is 4.01. The smallest absolute Gasteiger partial charge is 0.349 e. The lowest BCUT2D eigenvalue weighted by atomic mass is 10.2. The van der Waals surface area contributed by atoms with Crippen molar-refractivity contribution in [2.24, 2.45) is 0 Å². The minimum Gasteiger partial charge on any atom is -0.482 e. The highest BCUT2D eigenvalue weighted by atomic mass is 35.5. The summed E-state index contributed by atoms with van der Waals surface area (Å²) in [6, 6.07) is 20.5. The fourth-order valence-corrected chi connectivity index (χ4v) is 3.83. The van der Waals surface area contributed by atoms with Crippen molar-refractivity contribution in [3.05, 3.63) is 77.3 Å². The first kappa shape index (κ1) is 18.5. The number of hydrogen-bond donors (Lipinski definition) is 0. The van der Waals surface area contributed by atoms with E-state index in [1.165, 1.54) is 0 Å². The number of fused-ring (bicyclic) bond motifs is 1. The van der Waals surface area contributed by atoms with Gasteiger partial charge in [0.05, 0.1) is 15.8 Å². The molecular weight excluding hydrogens is 394 g/mol. The molecule has 0 spiro atoms. The van der Waals surface area contributed by atoms with Crippen molar-refractivity contribution in [1.82, 2.24) is 4.98 Å². The Labute approximate surface area is 171 Å². The monoisotopic (exact) mass is 409 g/mol. The molecule has 0 aliphatic carbocycles. The Morgan fingerprint density at radius 2 is 1.86 bits per heavy atom. The highest BCUT2D eigenvalue weighted by Gasteiger charge is 2.14. The topological polar surface area (TPSA) is 48.4 Å². The third-order valence-electron chi connectivity index (χ3n) is 4.12. The zero-order valence-electron chi connectivity index (χ0n) is 15.0. The van der Waals surface area contributed by atoms with Crippen molar-refractivity contribution < 1.29 is 14.3 Å². The Morgan fingerprint density at radius 3 is 2.68 bits per heavy atom. The maximum atomic E-state index is 12.3. The van der Waals surface area contributed by atoms with E-state index in [-0.39, 0.29) is 6.61 Å². The van der Waals surface area contributed by atoms with Gasteiger partial charge < -0.3 is 9.47 Å². The molecule has 0 aliphatic heterocycles. The highest BCUT2D eigenvalue weighted by Crippen LogP contribution is 2.35. The van der Waals surface area contributed by atoms with E-state index < -0.39 is 5.97 Å². The molecule has 6 heteroatoms. The minimum atomic E-state index is -0.485. The Kier molecular flexibility index (Phi) is 5.28. The van der Waals surface area contributed by atoms with Crippen LogP contribution < -0.4 is 9.47 Å². The number of esters is 1. The van der Waals surface area contributed by atoms with Crippen LogP contribution in [-0.4, -0.2) is 17.6 Å². The normalized spacial score (nSPS) is 10.8. The molecule has 0 saturated heterocycles. The van der Waals surface area contributed by atoms with E-state index in [4.69, 9.17) is 21.1 Å². The number of nitrogens with zero attached hydrogens (tertiary/aromatic N) is 1. The highest BCUT2D eigenvalue weighted by molar-refractivity contribution is 7.21. The lowest BCUT2D eigenvalue weighted by Gasteiger charge is -2.10. The van der Waals surface area contributed by atoms with Crippen LogP contribution >= 0.6 is 22.9 Å². The van der Waals surface area contributed by atoms with Gasteiger partial charge >= 0.3 is 5.97 Å². The Hall–Kier alpha value is -2.89. The van der Waals surface area contributed by atoms with Gasteiger partial charge in [0, 0.05) is 5.02 Å². The fraction of sp³-hybridized carbons (Fsp3) is 0.0909. The van der Waals surface area contributed by atoms with E-state index in [0.29, 0.717) is 16.5 Å². The number of benzene rings is 3. The second-order valence-corrected chi connectivity index (χ2v) is 7.59. The average Bonchev–Trinajstić information content (AvgIpc) is 3.13. The van der Waals surface area contributed by atoms with Gasteiger partial charge in [-0.3, -0.25) is 0 Å². The van der Waals surface area contributed by atoms with Gasteiger partial charge in [-0.25, -0.2) is 9.78 Å². The molecular formula is C22H16ClNO3S. The molecule has 1 heterocycles. The Morgan fingerprint density at radius 1 is 1.07 bits per heavy atom. The number of halogens is 1. The zero-order chi connectivity index (χ0) is 19.5. The standard InChI is InChI=1S/C22H16ClNO3S/c1-14-12-15(10-11-17(14)23)26-13-21(25)27-19-8-4-2-6-16(19)22-24-18-7-3-5-9-20(18)28-22/h2-12H,13H2,1H3. The summed E-state index contributed by atoms with van der Waals surface area (Å²) in [4.78, 5) is 16.9. The van der Waals surface area contributed by atoms with Crippen LogP contribution in [-0.2, 0) is 4.79 Å². The molecule has 0 aliphatic rings. The number of rotatable bonds is 5. The summed E-state index contributed by atoms with van der Waals surface area (Å²) >= 11 is 7.56. The molecule has 0 amide bonds. The summed E-state index contributed by atoms with van der Waals surface area (Å²) in [6.45, 7) is 1.68. The van der Waals surface area contributed by atoms with Gasteiger partial charge in [0.25, 0.3) is 0 Å². The molecule has 0 saturated carbocycles. The van der Waals surface area contributed by atoms with Crippen LogP contribution in [0.1, 0.15) is 5.56 Å². The molecule has 0 unspecified atom stereocenters. The van der Waals surface area contributed by atoms with Crippen LogP contribution in [0.5, 0.6) is 11.5 Å². The number of carbonyl (C=O) groups excluding carboxylic acids is 1. The summed E-state index contributed by atoms with van der Waals surface area (Å²) in [7, 11) is 0. The van der Waals surface area contributed by atoms with Gasteiger partial charge in [-0.1, -0.05) is 35.9 Å². The van der Waals surface area contributed by atoms with Crippen LogP contribution in [0.3, 0.4) is 0 Å². The molecule has 4 rings (SSSR count). The van der Waals surface area contributed by atoms with Crippen molar-refractivity contribution >= 4 is 39.1 Å². The SMILES string of the molecule is Cc1cc(OCC(=O)Oc2ccccc2-c2nc3ccccc3s2)ccc1Cl. The van der Waals surface area contributed by atoms with Crippen LogP contribution in [0.25, 0.3) is 20.8 Å². The lowest BCUT2D eigenvalue weighted by molar-refractivity contribution is -0.136. The first-order valence-corrected chi connectivity index (χ1v) is 9.84. The van der Waals surface area contributed by atoms with Gasteiger partial charge in [-0.15, -0.1) is 11.3 Å². The molecule has 0 bridgehead atoms. The van der Waals surface area contributed by atoms with E-state index in [1.807, 2.05) is 49.4 Å². The number of aromatic nitrogens is 1. The van der Waals surface area contributed by atoms with E-state index in [9.17, 15) is 4.79 Å². The minimum absolute atomic E-state index is 0.199. The molecule has 0 N–H and O–H groups in total. The largest absolute Gasteiger partial charge is 0.482 e. The second kappa shape index (κ2) is 8.00. The van der Waals surface area contributed by atoms with Crippen molar-refractivity contribution in [1.29, 1.82) is 0 Å². The van der Waals surface area contributed by atoms with E-state index in [0.717, 1.165) is 26.4 Å². The number of hydrogen-bond acceptors (Lipinski definition) is 5. The summed E-state index contributed by atoms with van der Waals surface area (Å²) in [5.41, 5.74) is 2.58. The summed E-state index contributed by atoms with van der Waals surface area (Å²) in [5.74, 6) is 0.543. The predicted octanol–water partition coefficient (Wildman–Crippen LogP) is 5.91. The molecule has 1 aromatic heterocycles. The van der Waals surface area contributed by atoms with Crippen LogP contribution in [0.4, 0.5) is 0 Å². The first-order chi connectivity index (χ1) is 13.6. The van der Waals surface area contributed by atoms with Crippen LogP contribution in [0.15, 0.2) is 66.7 Å². The summed E-state index contributed by atoms with van der Waals surface area (Å²) in [6.07, 6.45) is 0. The maximum absolute atomic E-state index is 12.3. The van der Waals surface area contributed by atoms with Crippen molar-refractivity contribution in [3.8, 4) is 22.1 Å². The number of carbonyl (C=O) groups is 1. The summed E-state index contributed by atoms with van der Waals surface area (Å²) in [5, 5.41) is 1.46. The Balaban J connectivity index is 1.50. The van der Waals surface area contributed by atoms with E-state index in [2.05, 4.69) is 4.98 Å². The van der Waals surface area contributed by atoms with E-state index >= 15 is 0 Å². The van der Waals surface area contributed by atoms with Gasteiger partial charge in [-0.2, -0.15) is 0 Å². The van der Waals surface area contributed by atoms with Gasteiger partial charge in [0.2, 0.25) is 0 Å². The quantitative estimate of drug-likeness (QED) is 0.303. The first-order valence-electron chi connectivity index (χ1n) is 8.65. The molecule has 3 aromatic carbocycles. The third-order valence-corrected chi connectivity index (χ3v) is 5.62. The lowest BCUT2D eigenvalue weighted by Crippen LogP contribution is -2.18. The van der Waals surface area contributed by atoms with Crippen molar-refractivity contribution in [2.75, 3.05) is 6.61 Å². The van der Waals surface area contributed by atoms with E-state index in [1.54, 1.807) is 35.6 Å². The van der Waals surface area contributed by atoms with Gasteiger partial charge in [0.1, 0.15) is 16.5 Å².